The first-order chi connectivity index (χ1) is 21.1. The van der Waals surface area contributed by atoms with Crippen LogP contribution in [0.2, 0.25) is 0 Å². The van der Waals surface area contributed by atoms with Crippen LogP contribution in [0.25, 0.3) is 0 Å². The van der Waals surface area contributed by atoms with Crippen molar-refractivity contribution in [2.24, 2.45) is 4.99 Å². The van der Waals surface area contributed by atoms with Crippen LogP contribution in [-0.4, -0.2) is 42.2 Å². The Morgan fingerprint density at radius 1 is 0.884 bits per heavy atom. The minimum absolute atomic E-state index is 0.0760. The van der Waals surface area contributed by atoms with E-state index >= 15 is 0 Å². The van der Waals surface area contributed by atoms with Crippen molar-refractivity contribution in [3.05, 3.63) is 136 Å². The van der Waals surface area contributed by atoms with Crippen LogP contribution in [0.15, 0.2) is 119 Å². The summed E-state index contributed by atoms with van der Waals surface area (Å²) < 4.78 is 13.1. The van der Waals surface area contributed by atoms with Gasteiger partial charge in [0, 0.05) is 41.6 Å². The van der Waals surface area contributed by atoms with E-state index in [4.69, 9.17) is 19.6 Å². The number of aliphatic imine (C=N–C) groups is 1. The molecule has 0 bridgehead atoms. The first kappa shape index (κ1) is 30.5. The molecule has 0 fully saturated rings. The third kappa shape index (κ3) is 7.70. The van der Waals surface area contributed by atoms with Crippen molar-refractivity contribution in [2.75, 3.05) is 19.8 Å². The second-order valence-corrected chi connectivity index (χ2v) is 11.3. The van der Waals surface area contributed by atoms with Gasteiger partial charge < -0.3 is 14.6 Å². The van der Waals surface area contributed by atoms with Gasteiger partial charge >= 0.3 is 0 Å². The van der Waals surface area contributed by atoms with Gasteiger partial charge in [0.15, 0.2) is 11.6 Å². The van der Waals surface area contributed by atoms with Crippen molar-refractivity contribution < 1.29 is 19.4 Å². The zero-order chi connectivity index (χ0) is 29.9. The first-order valence-corrected chi connectivity index (χ1v) is 15.3. The normalized spacial score (nSPS) is 17.6. The van der Waals surface area contributed by atoms with Crippen LogP contribution in [0, 0.1) is 0 Å². The Kier molecular flexibility index (Phi) is 10.6. The molecule has 7 nitrogen and oxygen atoms in total. The molecule has 0 saturated carbocycles. The molecule has 0 saturated heterocycles. The second-order valence-electron chi connectivity index (χ2n) is 10.4. The highest BCUT2D eigenvalue weighted by Gasteiger charge is 2.53. The number of benzene rings is 4. The molecule has 1 aliphatic heterocycles. The number of hydrogen-bond acceptors (Lipinski definition) is 6. The molecule has 8 heteroatoms. The summed E-state index contributed by atoms with van der Waals surface area (Å²) in [6.07, 6.45) is 1.97. The summed E-state index contributed by atoms with van der Waals surface area (Å²) >= 11 is 3.69. The van der Waals surface area contributed by atoms with Gasteiger partial charge in [-0.15, -0.1) is 0 Å². The van der Waals surface area contributed by atoms with Gasteiger partial charge in [-0.2, -0.15) is 0 Å². The van der Waals surface area contributed by atoms with Crippen molar-refractivity contribution in [1.82, 2.24) is 10.9 Å². The van der Waals surface area contributed by atoms with E-state index in [-0.39, 0.29) is 12.5 Å². The molecule has 43 heavy (non-hydrogen) atoms. The Morgan fingerprint density at radius 2 is 1.56 bits per heavy atom. The molecule has 222 valence electrons. The molecule has 2 atom stereocenters. The van der Waals surface area contributed by atoms with Crippen LogP contribution in [-0.2, 0) is 22.4 Å². The lowest BCUT2D eigenvalue weighted by molar-refractivity contribution is -0.130. The van der Waals surface area contributed by atoms with E-state index in [1.165, 1.54) is 5.56 Å². The van der Waals surface area contributed by atoms with E-state index in [1.54, 1.807) is 0 Å². The summed E-state index contributed by atoms with van der Waals surface area (Å²) in [5.74, 6) is 0.805. The van der Waals surface area contributed by atoms with Crippen LogP contribution in [0.4, 0.5) is 0 Å². The first-order valence-electron chi connectivity index (χ1n) is 14.6. The quantitative estimate of drug-likeness (QED) is 0.117. The Bertz CT molecular complexity index is 1500. The van der Waals surface area contributed by atoms with E-state index in [1.807, 2.05) is 97.1 Å². The summed E-state index contributed by atoms with van der Waals surface area (Å²) in [6.45, 7) is 1.11. The number of rotatable bonds is 14. The molecule has 0 unspecified atom stereocenters. The van der Waals surface area contributed by atoms with Crippen molar-refractivity contribution >= 4 is 27.7 Å². The SMILES string of the molecule is O=C(NNCCCc1ccccc1)[C@@]1(Cc2ccccc2)N=C(c2ccc(OCCCO)cc2)O[C@H]1c1ccccc1Br. The lowest BCUT2D eigenvalue weighted by Crippen LogP contribution is -2.54. The largest absolute Gasteiger partial charge is 0.494 e. The number of aliphatic hydroxyl groups is 1. The van der Waals surface area contributed by atoms with E-state index in [2.05, 4.69) is 38.9 Å². The Labute approximate surface area is 261 Å². The number of nitrogens with zero attached hydrogens (tertiary/aromatic N) is 1. The fourth-order valence-corrected chi connectivity index (χ4v) is 5.62. The average molecular weight is 643 g/mol. The van der Waals surface area contributed by atoms with E-state index < -0.39 is 11.6 Å². The van der Waals surface area contributed by atoms with E-state index in [0.717, 1.165) is 34.0 Å². The molecule has 3 N–H and O–H groups in total. The number of nitrogens with one attached hydrogen (secondary N) is 2. The molecule has 1 heterocycles. The summed E-state index contributed by atoms with van der Waals surface area (Å²) in [7, 11) is 0. The van der Waals surface area contributed by atoms with Gasteiger partial charge in [-0.3, -0.25) is 10.2 Å². The zero-order valence-electron chi connectivity index (χ0n) is 23.9. The van der Waals surface area contributed by atoms with Gasteiger partial charge in [0.1, 0.15) is 5.75 Å². The monoisotopic (exact) mass is 641 g/mol. The Hall–Kier alpha value is -3.98. The maximum atomic E-state index is 14.3. The molecule has 5 rings (SSSR count). The lowest BCUT2D eigenvalue weighted by atomic mass is 9.82. The van der Waals surface area contributed by atoms with Crippen LogP contribution in [0.1, 0.15) is 41.2 Å². The summed E-state index contributed by atoms with van der Waals surface area (Å²) in [4.78, 5) is 19.3. The van der Waals surface area contributed by atoms with Crippen LogP contribution < -0.4 is 15.6 Å². The number of carbonyl (C=O) groups excluding carboxylic acids is 1. The maximum absolute atomic E-state index is 14.3. The highest BCUT2D eigenvalue weighted by Crippen LogP contribution is 2.44. The predicted octanol–water partition coefficient (Wildman–Crippen LogP) is 5.96. The van der Waals surface area contributed by atoms with Gasteiger partial charge in [-0.05, 0) is 54.3 Å². The average Bonchev–Trinajstić information content (AvgIpc) is 3.42. The molecular weight excluding hydrogens is 606 g/mol. The van der Waals surface area contributed by atoms with Crippen molar-refractivity contribution in [1.29, 1.82) is 0 Å². The summed E-state index contributed by atoms with van der Waals surface area (Å²) in [5.41, 5.74) is 8.63. The molecule has 0 aliphatic carbocycles. The molecule has 1 amide bonds. The van der Waals surface area contributed by atoms with Crippen LogP contribution in [0.3, 0.4) is 0 Å². The van der Waals surface area contributed by atoms with E-state index in [9.17, 15) is 4.79 Å². The van der Waals surface area contributed by atoms with Crippen molar-refractivity contribution in [3.63, 3.8) is 0 Å². The lowest BCUT2D eigenvalue weighted by Gasteiger charge is -2.31. The van der Waals surface area contributed by atoms with Crippen LogP contribution in [0.5, 0.6) is 5.75 Å². The third-order valence-electron chi connectivity index (χ3n) is 7.35. The third-order valence-corrected chi connectivity index (χ3v) is 8.07. The van der Waals surface area contributed by atoms with Gasteiger partial charge in [-0.25, -0.2) is 10.4 Å². The fraction of sp³-hybridized carbons (Fsp3) is 0.257. The topological polar surface area (TPSA) is 92.2 Å². The molecule has 0 radical (unpaired) electrons. The highest BCUT2D eigenvalue weighted by atomic mass is 79.9. The molecule has 0 aromatic heterocycles. The number of hydrazine groups is 1. The van der Waals surface area contributed by atoms with Gasteiger partial charge in [0.2, 0.25) is 5.90 Å². The fourth-order valence-electron chi connectivity index (χ4n) is 5.13. The number of amides is 1. The number of ether oxygens (including phenoxy) is 2. The van der Waals surface area contributed by atoms with E-state index in [0.29, 0.717) is 37.6 Å². The van der Waals surface area contributed by atoms with Crippen LogP contribution >= 0.6 is 15.9 Å². The summed E-state index contributed by atoms with van der Waals surface area (Å²) in [5, 5.41) is 9.05. The molecule has 4 aromatic rings. The maximum Gasteiger partial charge on any atom is 0.266 e. The second kappa shape index (κ2) is 15.0. The Balaban J connectivity index is 1.44. The highest BCUT2D eigenvalue weighted by molar-refractivity contribution is 9.10. The number of hydrogen-bond donors (Lipinski definition) is 3. The predicted molar refractivity (Wildman–Crippen MR) is 172 cm³/mol. The summed E-state index contributed by atoms with van der Waals surface area (Å²) in [6, 6.07) is 35.4. The minimum Gasteiger partial charge on any atom is -0.494 e. The zero-order valence-corrected chi connectivity index (χ0v) is 25.5. The van der Waals surface area contributed by atoms with Crippen molar-refractivity contribution in [2.45, 2.75) is 37.3 Å². The standard InChI is InChI=1S/C35H36BrN3O4/c36-31-17-8-7-16-30(31)32-35(25-27-13-5-2-6-14-27,34(41)39-37-22-9-15-26-11-3-1-4-12-26)38-33(43-32)28-18-20-29(21-19-28)42-24-10-23-40/h1-8,11-14,16-21,32,37,40H,9-10,15,22-25H2,(H,39,41)/t32-,35-/m0/s1. The number of aryl methyl sites for hydroxylation is 1. The molecule has 0 spiro atoms. The smallest absolute Gasteiger partial charge is 0.266 e. The van der Waals surface area contributed by atoms with Gasteiger partial charge in [0.25, 0.3) is 5.91 Å². The van der Waals surface area contributed by atoms with Gasteiger partial charge in [-0.1, -0.05) is 94.8 Å². The molecule has 1 aliphatic rings. The van der Waals surface area contributed by atoms with Gasteiger partial charge in [0.05, 0.1) is 6.61 Å². The van der Waals surface area contributed by atoms with Crippen molar-refractivity contribution in [3.8, 4) is 5.75 Å². The number of halogens is 1. The minimum atomic E-state index is -1.29. The molecule has 4 aromatic carbocycles. The number of aliphatic hydroxyl groups excluding tert-OH is 1. The Morgan fingerprint density at radius 3 is 2.26 bits per heavy atom. The molecular formula is C35H36BrN3O4. The number of carbonyl (C=O) groups is 1.